The van der Waals surface area contributed by atoms with Crippen molar-refractivity contribution >= 4 is 45.0 Å². The number of benzene rings is 2. The molecule has 158 valence electrons. The van der Waals surface area contributed by atoms with E-state index in [0.29, 0.717) is 37.7 Å². The van der Waals surface area contributed by atoms with Crippen molar-refractivity contribution in [2.75, 3.05) is 31.2 Å². The Balaban J connectivity index is 1.46. The summed E-state index contributed by atoms with van der Waals surface area (Å²) >= 11 is 9.66. The van der Waals surface area contributed by atoms with Gasteiger partial charge in [-0.15, -0.1) is 0 Å². The van der Waals surface area contributed by atoms with Crippen LogP contribution in [0.3, 0.4) is 0 Å². The molecular formula is C23H24BrClN2O3. The first-order chi connectivity index (χ1) is 14.5. The van der Waals surface area contributed by atoms with Crippen LogP contribution in [0, 0.1) is 5.92 Å². The minimum Gasteiger partial charge on any atom is -0.381 e. The molecule has 4 rings (SSSR count). The molecule has 1 atom stereocenters. The maximum Gasteiger partial charge on any atom is 0.239 e. The minimum atomic E-state index is -0.653. The second-order valence-corrected chi connectivity index (χ2v) is 9.28. The smallest absolute Gasteiger partial charge is 0.239 e. The Hall–Kier alpha value is -1.89. The molecule has 0 bridgehead atoms. The number of anilines is 1. The maximum absolute atomic E-state index is 13.0. The van der Waals surface area contributed by atoms with Crippen molar-refractivity contribution in [2.45, 2.75) is 24.7 Å². The van der Waals surface area contributed by atoms with E-state index in [1.54, 1.807) is 4.90 Å². The van der Waals surface area contributed by atoms with E-state index < -0.39 is 5.92 Å². The van der Waals surface area contributed by atoms with Crippen molar-refractivity contribution in [3.63, 3.8) is 0 Å². The molecule has 0 aliphatic carbocycles. The highest BCUT2D eigenvalue weighted by Gasteiger charge is 2.40. The van der Waals surface area contributed by atoms with E-state index >= 15 is 0 Å². The Morgan fingerprint density at radius 1 is 1.20 bits per heavy atom. The Labute approximate surface area is 189 Å². The summed E-state index contributed by atoms with van der Waals surface area (Å²) in [6.07, 6.45) is 2.12. The van der Waals surface area contributed by atoms with Crippen LogP contribution in [0.15, 0.2) is 53.0 Å². The molecule has 1 unspecified atom stereocenters. The minimum absolute atomic E-state index is 0.144. The van der Waals surface area contributed by atoms with Crippen LogP contribution in [0.1, 0.15) is 24.8 Å². The second-order valence-electron chi connectivity index (χ2n) is 7.93. The highest BCUT2D eigenvalue weighted by Crippen LogP contribution is 2.36. The average Bonchev–Trinajstić information content (AvgIpc) is 3.14. The zero-order chi connectivity index (χ0) is 21.1. The Morgan fingerprint density at radius 2 is 1.97 bits per heavy atom. The van der Waals surface area contributed by atoms with Crippen molar-refractivity contribution in [2.24, 2.45) is 5.92 Å². The van der Waals surface area contributed by atoms with Gasteiger partial charge in [0.25, 0.3) is 0 Å². The highest BCUT2D eigenvalue weighted by molar-refractivity contribution is 9.10. The number of hydrogen-bond donors (Lipinski definition) is 1. The number of nitrogens with zero attached hydrogens (tertiary/aromatic N) is 1. The lowest BCUT2D eigenvalue weighted by molar-refractivity contribution is -0.132. The molecule has 2 saturated heterocycles. The average molecular weight is 492 g/mol. The molecule has 2 aliphatic rings. The molecule has 30 heavy (non-hydrogen) atoms. The van der Waals surface area contributed by atoms with Gasteiger partial charge in [-0.05, 0) is 55.2 Å². The van der Waals surface area contributed by atoms with Crippen LogP contribution in [-0.4, -0.2) is 38.1 Å². The number of nitrogens with one attached hydrogen (secondary N) is 1. The lowest BCUT2D eigenvalue weighted by atomic mass is 9.74. The van der Waals surface area contributed by atoms with Crippen LogP contribution in [0.2, 0.25) is 5.02 Å². The normalized spacial score (nSPS) is 20.9. The summed E-state index contributed by atoms with van der Waals surface area (Å²) < 4.78 is 6.47. The molecule has 0 saturated carbocycles. The van der Waals surface area contributed by atoms with Gasteiger partial charge in [0.1, 0.15) is 5.92 Å². The number of rotatable bonds is 5. The summed E-state index contributed by atoms with van der Waals surface area (Å²) in [4.78, 5) is 27.6. The van der Waals surface area contributed by atoms with Crippen molar-refractivity contribution in [3.05, 3.63) is 63.6 Å². The molecule has 5 nitrogen and oxygen atoms in total. The van der Waals surface area contributed by atoms with Crippen molar-refractivity contribution in [1.82, 2.24) is 5.32 Å². The quantitative estimate of drug-likeness (QED) is 0.634. The van der Waals surface area contributed by atoms with E-state index in [1.165, 1.54) is 0 Å². The van der Waals surface area contributed by atoms with Gasteiger partial charge in [0.15, 0.2) is 0 Å². The summed E-state index contributed by atoms with van der Waals surface area (Å²) in [6, 6.07) is 15.4. The largest absolute Gasteiger partial charge is 0.381 e. The van der Waals surface area contributed by atoms with Crippen molar-refractivity contribution in [1.29, 1.82) is 0 Å². The monoisotopic (exact) mass is 490 g/mol. The van der Waals surface area contributed by atoms with Crippen molar-refractivity contribution < 1.29 is 14.3 Å². The molecule has 7 heteroatoms. The standard InChI is InChI=1S/C23H24BrClN2O3/c24-17-4-2-6-19(14-17)27-10-7-20(22(27)29)21(28)26-15-23(8-11-30-12-9-23)16-3-1-5-18(25)13-16/h1-6,13-14,20H,7-12,15H2,(H,26,28). The van der Waals surface area contributed by atoms with Gasteiger partial charge in [0, 0.05) is 46.9 Å². The van der Waals surface area contributed by atoms with Crippen LogP contribution in [0.4, 0.5) is 5.69 Å². The molecule has 2 fully saturated rings. The zero-order valence-electron chi connectivity index (χ0n) is 16.6. The molecule has 2 aliphatic heterocycles. The van der Waals surface area contributed by atoms with E-state index in [2.05, 4.69) is 27.3 Å². The van der Waals surface area contributed by atoms with Gasteiger partial charge in [-0.3, -0.25) is 9.59 Å². The summed E-state index contributed by atoms with van der Waals surface area (Å²) in [5.41, 5.74) is 1.68. The number of carbonyl (C=O) groups excluding carboxylic acids is 2. The molecule has 0 radical (unpaired) electrons. The first-order valence-electron chi connectivity index (χ1n) is 10.2. The summed E-state index contributed by atoms with van der Waals surface area (Å²) in [6.45, 7) is 2.29. The van der Waals surface area contributed by atoms with Crippen LogP contribution in [0.25, 0.3) is 0 Å². The number of halogens is 2. The topological polar surface area (TPSA) is 58.6 Å². The lowest BCUT2D eigenvalue weighted by Crippen LogP contribution is -2.47. The number of hydrogen-bond acceptors (Lipinski definition) is 3. The first kappa shape index (κ1) is 21.3. The second kappa shape index (κ2) is 9.08. The predicted octanol–water partition coefficient (Wildman–Crippen LogP) is 4.32. The Morgan fingerprint density at radius 3 is 2.70 bits per heavy atom. The van der Waals surface area contributed by atoms with Gasteiger partial charge in [0.05, 0.1) is 0 Å². The number of ether oxygens (including phenoxy) is 1. The molecule has 2 aromatic rings. The van der Waals surface area contributed by atoms with E-state index in [9.17, 15) is 9.59 Å². The van der Waals surface area contributed by atoms with Gasteiger partial charge < -0.3 is 15.0 Å². The zero-order valence-corrected chi connectivity index (χ0v) is 18.9. The van der Waals surface area contributed by atoms with Gasteiger partial charge >= 0.3 is 0 Å². The van der Waals surface area contributed by atoms with Crippen LogP contribution >= 0.6 is 27.5 Å². The van der Waals surface area contributed by atoms with E-state index in [0.717, 1.165) is 28.6 Å². The fourth-order valence-corrected chi connectivity index (χ4v) is 4.93. The molecule has 2 heterocycles. The maximum atomic E-state index is 13.0. The van der Waals surface area contributed by atoms with E-state index in [1.807, 2.05) is 42.5 Å². The fraction of sp³-hybridized carbons (Fsp3) is 0.391. The molecule has 1 N–H and O–H groups in total. The third-order valence-corrected chi connectivity index (χ3v) is 6.86. The summed E-state index contributed by atoms with van der Waals surface area (Å²) in [5.74, 6) is -1.000. The van der Waals surface area contributed by atoms with Gasteiger partial charge in [-0.2, -0.15) is 0 Å². The SMILES string of the molecule is O=C(NCC1(c2cccc(Cl)c2)CCOCC1)C1CCN(c2cccc(Br)c2)C1=O. The molecule has 2 aromatic carbocycles. The number of amides is 2. The van der Waals surface area contributed by atoms with E-state index in [4.69, 9.17) is 16.3 Å². The highest BCUT2D eigenvalue weighted by atomic mass is 79.9. The third-order valence-electron chi connectivity index (χ3n) is 6.13. The van der Waals surface area contributed by atoms with Gasteiger partial charge in [-0.25, -0.2) is 0 Å². The molecular weight excluding hydrogens is 468 g/mol. The van der Waals surface area contributed by atoms with Gasteiger partial charge in [-0.1, -0.05) is 45.7 Å². The Bertz CT molecular complexity index is 946. The molecule has 0 aromatic heterocycles. The van der Waals surface area contributed by atoms with Crippen molar-refractivity contribution in [3.8, 4) is 0 Å². The van der Waals surface area contributed by atoms with Gasteiger partial charge in [0.2, 0.25) is 11.8 Å². The van der Waals surface area contributed by atoms with Crippen LogP contribution in [-0.2, 0) is 19.7 Å². The lowest BCUT2D eigenvalue weighted by Gasteiger charge is -2.38. The third kappa shape index (κ3) is 4.41. The van der Waals surface area contributed by atoms with Crippen LogP contribution < -0.4 is 10.2 Å². The first-order valence-corrected chi connectivity index (χ1v) is 11.3. The van der Waals surface area contributed by atoms with Crippen LogP contribution in [0.5, 0.6) is 0 Å². The summed E-state index contributed by atoms with van der Waals surface area (Å²) in [7, 11) is 0. The molecule has 2 amide bonds. The Kier molecular flexibility index (Phi) is 6.46. The summed E-state index contributed by atoms with van der Waals surface area (Å²) in [5, 5.41) is 3.75. The molecule has 0 spiro atoms. The fourth-order valence-electron chi connectivity index (χ4n) is 4.35. The predicted molar refractivity (Wildman–Crippen MR) is 121 cm³/mol. The number of carbonyl (C=O) groups is 2. The van der Waals surface area contributed by atoms with E-state index in [-0.39, 0.29) is 17.2 Å².